The summed E-state index contributed by atoms with van der Waals surface area (Å²) in [6.45, 7) is 3.27. The Morgan fingerprint density at radius 2 is 1.88 bits per heavy atom. The van der Waals surface area contributed by atoms with Gasteiger partial charge in [0.05, 0.1) is 25.6 Å². The highest BCUT2D eigenvalue weighted by Crippen LogP contribution is 2.29. The van der Waals surface area contributed by atoms with Crippen molar-refractivity contribution in [2.45, 2.75) is 19.8 Å². The maximum Gasteiger partial charge on any atom is 0.195 e. The van der Waals surface area contributed by atoms with Gasteiger partial charge in [0.1, 0.15) is 17.5 Å². The van der Waals surface area contributed by atoms with E-state index in [1.54, 1.807) is 18.9 Å². The predicted molar refractivity (Wildman–Crippen MR) is 146 cm³/mol. The predicted octanol–water partition coefficient (Wildman–Crippen LogP) is 3.97. The highest BCUT2D eigenvalue weighted by Gasteiger charge is 2.16. The van der Waals surface area contributed by atoms with E-state index in [0.717, 1.165) is 17.9 Å². The molecule has 3 aromatic rings. The second-order valence-corrected chi connectivity index (χ2v) is 7.13. The first-order chi connectivity index (χ1) is 16.1. The van der Waals surface area contributed by atoms with E-state index in [1.807, 2.05) is 55.5 Å². The van der Waals surface area contributed by atoms with E-state index in [9.17, 15) is 5.26 Å². The minimum absolute atomic E-state index is 0. The Morgan fingerprint density at radius 3 is 2.53 bits per heavy atom. The van der Waals surface area contributed by atoms with E-state index < -0.39 is 0 Å². The van der Waals surface area contributed by atoms with Gasteiger partial charge in [-0.2, -0.15) is 10.4 Å². The van der Waals surface area contributed by atoms with Crippen LogP contribution in [0.5, 0.6) is 11.5 Å². The molecule has 10 heteroatoms. The van der Waals surface area contributed by atoms with Crippen LogP contribution in [-0.2, 0) is 6.42 Å². The fourth-order valence-corrected chi connectivity index (χ4v) is 3.34. The molecule has 0 aliphatic rings. The van der Waals surface area contributed by atoms with Crippen molar-refractivity contribution < 1.29 is 9.47 Å². The van der Waals surface area contributed by atoms with Crippen LogP contribution in [0.15, 0.2) is 53.5 Å². The molecule has 0 radical (unpaired) electrons. The van der Waals surface area contributed by atoms with Crippen molar-refractivity contribution in [1.29, 1.82) is 5.26 Å². The third-order valence-electron chi connectivity index (χ3n) is 4.94. The summed E-state index contributed by atoms with van der Waals surface area (Å²) in [5.41, 5.74) is 8.92. The van der Waals surface area contributed by atoms with Gasteiger partial charge >= 0.3 is 0 Å². The fraction of sp³-hybridized carbons (Fsp3) is 0.292. The van der Waals surface area contributed by atoms with Gasteiger partial charge in [-0.3, -0.25) is 4.99 Å². The van der Waals surface area contributed by atoms with Crippen LogP contribution in [-0.4, -0.2) is 43.0 Å². The Kier molecular flexibility index (Phi) is 10.5. The number of hydrogen-bond acceptors (Lipinski definition) is 6. The Hall–Kier alpha value is -3.46. The first-order valence-corrected chi connectivity index (χ1v) is 10.7. The van der Waals surface area contributed by atoms with E-state index in [4.69, 9.17) is 15.2 Å². The summed E-state index contributed by atoms with van der Waals surface area (Å²) in [6, 6.07) is 17.3. The van der Waals surface area contributed by atoms with E-state index in [2.05, 4.69) is 26.8 Å². The zero-order valence-electron chi connectivity index (χ0n) is 19.5. The van der Waals surface area contributed by atoms with Crippen molar-refractivity contribution in [1.82, 2.24) is 15.1 Å². The van der Waals surface area contributed by atoms with E-state index >= 15 is 0 Å². The molecule has 0 amide bonds. The molecule has 2 aromatic carbocycles. The molecule has 180 valence electrons. The maximum atomic E-state index is 9.57. The van der Waals surface area contributed by atoms with Gasteiger partial charge in [-0.05, 0) is 44.0 Å². The quantitative estimate of drug-likeness (QED) is 0.153. The van der Waals surface area contributed by atoms with Crippen LogP contribution < -0.4 is 25.8 Å². The van der Waals surface area contributed by atoms with Crippen LogP contribution in [0.25, 0.3) is 5.69 Å². The zero-order chi connectivity index (χ0) is 23.6. The summed E-state index contributed by atoms with van der Waals surface area (Å²) in [5, 5.41) is 20.6. The average molecular weight is 575 g/mol. The SMILES string of the molecule is CCNC(=NCCCc1nn(-c2ccccc2)c(N)c1C#N)Nc1ccc(OC)c(OC)c1.I. The van der Waals surface area contributed by atoms with Gasteiger partial charge in [0, 0.05) is 24.8 Å². The molecule has 0 fully saturated rings. The standard InChI is InChI=1S/C24H29N7O2.HI/c1-4-27-24(29-17-12-13-21(32-2)22(15-17)33-3)28-14-8-11-20-19(16-25)23(26)31(30-20)18-9-6-5-7-10-18;/h5-7,9-10,12-13,15H,4,8,11,14,26H2,1-3H3,(H2,27,28,29);1H. The number of anilines is 2. The molecule has 0 saturated heterocycles. The number of halogens is 1. The summed E-state index contributed by atoms with van der Waals surface area (Å²) >= 11 is 0. The van der Waals surface area contributed by atoms with Crippen molar-refractivity contribution in [2.24, 2.45) is 4.99 Å². The van der Waals surface area contributed by atoms with Gasteiger partial charge in [-0.15, -0.1) is 24.0 Å². The monoisotopic (exact) mass is 575 g/mol. The Morgan fingerprint density at radius 1 is 1.15 bits per heavy atom. The fourth-order valence-electron chi connectivity index (χ4n) is 3.34. The molecule has 9 nitrogen and oxygen atoms in total. The van der Waals surface area contributed by atoms with Gasteiger partial charge in [0.2, 0.25) is 0 Å². The van der Waals surface area contributed by atoms with Crippen molar-refractivity contribution >= 4 is 41.4 Å². The number of aliphatic imine (C=N–C) groups is 1. The van der Waals surface area contributed by atoms with Crippen LogP contribution in [0.3, 0.4) is 0 Å². The van der Waals surface area contributed by atoms with Gasteiger partial charge in [0.15, 0.2) is 17.5 Å². The highest BCUT2D eigenvalue weighted by atomic mass is 127. The van der Waals surface area contributed by atoms with Crippen LogP contribution in [0, 0.1) is 11.3 Å². The molecule has 1 heterocycles. The molecule has 0 aliphatic carbocycles. The number of nitrogens with zero attached hydrogens (tertiary/aromatic N) is 4. The summed E-state index contributed by atoms with van der Waals surface area (Å²) in [4.78, 5) is 4.64. The molecular formula is C24H30IN7O2. The number of nitrogen functional groups attached to an aromatic ring is 1. The summed E-state index contributed by atoms with van der Waals surface area (Å²) in [5.74, 6) is 2.30. The topological polar surface area (TPSA) is 123 Å². The molecule has 3 rings (SSSR count). The normalized spacial score (nSPS) is 10.7. The number of nitriles is 1. The number of methoxy groups -OCH3 is 2. The number of nitrogens with one attached hydrogen (secondary N) is 2. The second kappa shape index (κ2) is 13.3. The molecule has 34 heavy (non-hydrogen) atoms. The summed E-state index contributed by atoms with van der Waals surface area (Å²) < 4.78 is 12.3. The molecule has 0 spiro atoms. The average Bonchev–Trinajstić information content (AvgIpc) is 3.17. The molecular weight excluding hydrogens is 545 g/mol. The zero-order valence-corrected chi connectivity index (χ0v) is 21.9. The number of benzene rings is 2. The van der Waals surface area contributed by atoms with Crippen LogP contribution in [0.2, 0.25) is 0 Å². The highest BCUT2D eigenvalue weighted by molar-refractivity contribution is 14.0. The molecule has 1 aromatic heterocycles. The molecule has 0 saturated carbocycles. The maximum absolute atomic E-state index is 9.57. The van der Waals surface area contributed by atoms with Crippen LogP contribution in [0.4, 0.5) is 11.5 Å². The number of guanidine groups is 1. The first kappa shape index (κ1) is 26.8. The third kappa shape index (κ3) is 6.54. The van der Waals surface area contributed by atoms with Crippen molar-refractivity contribution in [3.63, 3.8) is 0 Å². The Labute approximate surface area is 217 Å². The van der Waals surface area contributed by atoms with Gasteiger partial charge in [-0.25, -0.2) is 4.68 Å². The lowest BCUT2D eigenvalue weighted by atomic mass is 10.1. The van der Waals surface area contributed by atoms with Gasteiger partial charge in [0.25, 0.3) is 0 Å². The molecule has 4 N–H and O–H groups in total. The Balaban J connectivity index is 0.00000408. The van der Waals surface area contributed by atoms with E-state index in [-0.39, 0.29) is 24.0 Å². The lowest BCUT2D eigenvalue weighted by Gasteiger charge is -2.13. The lowest BCUT2D eigenvalue weighted by Crippen LogP contribution is -2.30. The Bertz CT molecular complexity index is 1140. The number of ether oxygens (including phenoxy) is 2. The minimum atomic E-state index is 0. The lowest BCUT2D eigenvalue weighted by molar-refractivity contribution is 0.355. The minimum Gasteiger partial charge on any atom is -0.493 e. The van der Waals surface area contributed by atoms with Crippen LogP contribution in [0.1, 0.15) is 24.6 Å². The van der Waals surface area contributed by atoms with E-state index in [0.29, 0.717) is 53.9 Å². The third-order valence-corrected chi connectivity index (χ3v) is 4.94. The second-order valence-electron chi connectivity index (χ2n) is 7.13. The molecule has 0 bridgehead atoms. The van der Waals surface area contributed by atoms with Gasteiger partial charge in [-0.1, -0.05) is 18.2 Å². The smallest absolute Gasteiger partial charge is 0.195 e. The molecule has 0 unspecified atom stereocenters. The number of aromatic nitrogens is 2. The van der Waals surface area contributed by atoms with Crippen LogP contribution >= 0.6 is 24.0 Å². The number of rotatable bonds is 9. The number of aryl methyl sites for hydroxylation is 1. The van der Waals surface area contributed by atoms with Crippen molar-refractivity contribution in [3.8, 4) is 23.3 Å². The number of hydrogen-bond donors (Lipinski definition) is 3. The number of para-hydroxylation sites is 1. The largest absolute Gasteiger partial charge is 0.493 e. The van der Waals surface area contributed by atoms with E-state index in [1.165, 1.54) is 0 Å². The summed E-state index contributed by atoms with van der Waals surface area (Å²) in [6.07, 6.45) is 1.30. The van der Waals surface area contributed by atoms with Gasteiger partial charge < -0.3 is 25.8 Å². The number of nitrogens with two attached hydrogens (primary N) is 1. The first-order valence-electron chi connectivity index (χ1n) is 10.7. The molecule has 0 aliphatic heterocycles. The molecule has 0 atom stereocenters. The summed E-state index contributed by atoms with van der Waals surface area (Å²) in [7, 11) is 3.20. The van der Waals surface area contributed by atoms with Crippen molar-refractivity contribution in [3.05, 3.63) is 59.8 Å². The van der Waals surface area contributed by atoms with Crippen molar-refractivity contribution in [2.75, 3.05) is 38.4 Å².